The molecule has 1 aliphatic heterocycles. The van der Waals surface area contributed by atoms with Gasteiger partial charge in [0.15, 0.2) is 5.78 Å². The Kier molecular flexibility index (Phi) is 5.91. The van der Waals surface area contributed by atoms with E-state index in [1.54, 1.807) is 32.9 Å². The van der Waals surface area contributed by atoms with E-state index in [1.165, 1.54) is 6.92 Å². The third-order valence-corrected chi connectivity index (χ3v) is 3.10. The van der Waals surface area contributed by atoms with E-state index in [0.717, 1.165) is 6.08 Å². The SMILES string of the molecule is CC(O)C/C=C/CC(C)(O)C(=O)CC1=CC(=O)OC(C)(C)O1. The van der Waals surface area contributed by atoms with Crippen LogP contribution in [0.25, 0.3) is 0 Å². The Morgan fingerprint density at radius 2 is 2.05 bits per heavy atom. The second kappa shape index (κ2) is 7.07. The van der Waals surface area contributed by atoms with Crippen molar-refractivity contribution in [3.8, 4) is 0 Å². The molecule has 1 rings (SSSR count). The number of Topliss-reactive ketones (excluding diaryl/α,β-unsaturated/α-hetero) is 1. The van der Waals surface area contributed by atoms with Crippen molar-refractivity contribution in [1.82, 2.24) is 0 Å². The lowest BCUT2D eigenvalue weighted by atomic mass is 9.93. The fraction of sp³-hybridized carbons (Fsp3) is 0.625. The Bertz CT molecular complexity index is 485. The molecule has 0 fully saturated rings. The summed E-state index contributed by atoms with van der Waals surface area (Å²) in [6.45, 7) is 6.20. The molecule has 0 spiro atoms. The molecule has 0 radical (unpaired) electrons. The smallest absolute Gasteiger partial charge is 0.337 e. The van der Waals surface area contributed by atoms with Gasteiger partial charge in [-0.1, -0.05) is 12.2 Å². The van der Waals surface area contributed by atoms with E-state index >= 15 is 0 Å². The third kappa shape index (κ3) is 5.99. The van der Waals surface area contributed by atoms with Crippen LogP contribution in [0, 0.1) is 0 Å². The van der Waals surface area contributed by atoms with Crippen molar-refractivity contribution in [3.05, 3.63) is 24.0 Å². The van der Waals surface area contributed by atoms with E-state index in [9.17, 15) is 14.7 Å². The first-order valence-electron chi connectivity index (χ1n) is 7.23. The summed E-state index contributed by atoms with van der Waals surface area (Å²) in [6.07, 6.45) is 4.41. The van der Waals surface area contributed by atoms with E-state index in [4.69, 9.17) is 14.6 Å². The van der Waals surface area contributed by atoms with Crippen molar-refractivity contribution in [2.75, 3.05) is 0 Å². The molecule has 2 atom stereocenters. The van der Waals surface area contributed by atoms with Gasteiger partial charge in [0.05, 0.1) is 18.6 Å². The molecule has 0 amide bonds. The van der Waals surface area contributed by atoms with E-state index in [2.05, 4.69) is 0 Å². The number of cyclic esters (lactones) is 1. The summed E-state index contributed by atoms with van der Waals surface area (Å²) >= 11 is 0. The van der Waals surface area contributed by atoms with Crippen LogP contribution in [-0.4, -0.2) is 39.5 Å². The molecular formula is C16H24O6. The Morgan fingerprint density at radius 3 is 2.59 bits per heavy atom. The normalized spacial score (nSPS) is 21.5. The number of rotatable bonds is 7. The Balaban J connectivity index is 2.63. The molecule has 0 aromatic carbocycles. The highest BCUT2D eigenvalue weighted by molar-refractivity contribution is 5.90. The highest BCUT2D eigenvalue weighted by Crippen LogP contribution is 2.26. The molecule has 0 bridgehead atoms. The molecule has 0 aliphatic carbocycles. The summed E-state index contributed by atoms with van der Waals surface area (Å²) < 4.78 is 10.3. The lowest BCUT2D eigenvalue weighted by Crippen LogP contribution is -2.38. The maximum Gasteiger partial charge on any atom is 0.337 e. The monoisotopic (exact) mass is 312 g/mol. The predicted molar refractivity (Wildman–Crippen MR) is 79.6 cm³/mol. The molecule has 0 saturated heterocycles. The molecule has 6 nitrogen and oxygen atoms in total. The lowest BCUT2D eigenvalue weighted by molar-refractivity contribution is -0.206. The van der Waals surface area contributed by atoms with Crippen LogP contribution in [0.2, 0.25) is 0 Å². The Morgan fingerprint density at radius 1 is 1.41 bits per heavy atom. The van der Waals surface area contributed by atoms with Crippen LogP contribution in [0.4, 0.5) is 0 Å². The third-order valence-electron chi connectivity index (χ3n) is 3.10. The molecular weight excluding hydrogens is 288 g/mol. The van der Waals surface area contributed by atoms with Gasteiger partial charge in [0.25, 0.3) is 0 Å². The molecule has 1 aliphatic rings. The van der Waals surface area contributed by atoms with Crippen molar-refractivity contribution in [1.29, 1.82) is 0 Å². The maximum absolute atomic E-state index is 12.2. The Hall–Kier alpha value is -1.66. The van der Waals surface area contributed by atoms with Crippen LogP contribution < -0.4 is 0 Å². The van der Waals surface area contributed by atoms with Gasteiger partial charge in [-0.3, -0.25) is 4.79 Å². The van der Waals surface area contributed by atoms with Crippen molar-refractivity contribution < 1.29 is 29.3 Å². The van der Waals surface area contributed by atoms with Crippen LogP contribution >= 0.6 is 0 Å². The van der Waals surface area contributed by atoms with Gasteiger partial charge in [-0.2, -0.15) is 0 Å². The first-order valence-corrected chi connectivity index (χ1v) is 7.23. The lowest BCUT2D eigenvalue weighted by Gasteiger charge is -2.31. The first kappa shape index (κ1) is 18.4. The van der Waals surface area contributed by atoms with Crippen molar-refractivity contribution in [2.24, 2.45) is 0 Å². The van der Waals surface area contributed by atoms with Gasteiger partial charge in [0, 0.05) is 20.3 Å². The molecule has 0 saturated carbocycles. The summed E-state index contributed by atoms with van der Waals surface area (Å²) in [5.41, 5.74) is -1.56. The van der Waals surface area contributed by atoms with E-state index in [1.807, 2.05) is 0 Å². The first-order chi connectivity index (χ1) is 10.0. The quantitative estimate of drug-likeness (QED) is 0.548. The van der Waals surface area contributed by atoms with Gasteiger partial charge in [-0.15, -0.1) is 0 Å². The zero-order chi connectivity index (χ0) is 17.0. The van der Waals surface area contributed by atoms with Crippen molar-refractivity contribution >= 4 is 11.8 Å². The van der Waals surface area contributed by atoms with Crippen LogP contribution in [-0.2, 0) is 19.1 Å². The molecule has 124 valence electrons. The second-order valence-electron chi connectivity index (χ2n) is 6.17. The average Bonchev–Trinajstić information content (AvgIpc) is 2.31. The maximum atomic E-state index is 12.2. The number of esters is 1. The zero-order valence-electron chi connectivity index (χ0n) is 13.5. The largest absolute Gasteiger partial charge is 0.456 e. The number of carbonyl (C=O) groups excluding carboxylic acids is 2. The van der Waals surface area contributed by atoms with Crippen LogP contribution in [0.1, 0.15) is 47.0 Å². The number of aliphatic hydroxyl groups is 2. The minimum Gasteiger partial charge on any atom is -0.456 e. The van der Waals surface area contributed by atoms with E-state index < -0.39 is 29.2 Å². The van der Waals surface area contributed by atoms with Gasteiger partial charge >= 0.3 is 5.97 Å². The second-order valence-corrected chi connectivity index (χ2v) is 6.17. The number of ketones is 1. The van der Waals surface area contributed by atoms with Gasteiger partial charge < -0.3 is 19.7 Å². The van der Waals surface area contributed by atoms with Crippen molar-refractivity contribution in [3.63, 3.8) is 0 Å². The number of aliphatic hydroxyl groups excluding tert-OH is 1. The van der Waals surface area contributed by atoms with Gasteiger partial charge in [-0.25, -0.2) is 4.79 Å². The molecule has 1 heterocycles. The summed E-state index contributed by atoms with van der Waals surface area (Å²) in [5.74, 6) is -1.97. The summed E-state index contributed by atoms with van der Waals surface area (Å²) in [4.78, 5) is 23.6. The fourth-order valence-corrected chi connectivity index (χ4v) is 1.92. The number of hydrogen-bond donors (Lipinski definition) is 2. The van der Waals surface area contributed by atoms with E-state index in [0.29, 0.717) is 6.42 Å². The van der Waals surface area contributed by atoms with Crippen LogP contribution in [0.3, 0.4) is 0 Å². The fourth-order valence-electron chi connectivity index (χ4n) is 1.92. The Labute approximate surface area is 130 Å². The predicted octanol–water partition coefficient (Wildman–Crippen LogP) is 1.61. The number of allylic oxidation sites excluding steroid dienone is 1. The summed E-state index contributed by atoms with van der Waals surface area (Å²) in [6, 6.07) is 0. The minimum absolute atomic E-state index is 0.125. The van der Waals surface area contributed by atoms with Gasteiger partial charge in [-0.05, 0) is 20.3 Å². The van der Waals surface area contributed by atoms with Crippen molar-refractivity contribution in [2.45, 2.75) is 64.4 Å². The standard InChI is InChI=1S/C16H24O6/c1-11(17)7-5-6-8-16(4,20)13(18)9-12-10-14(19)22-15(2,3)21-12/h5-6,10-11,17,20H,7-9H2,1-4H3/b6-5+. The van der Waals surface area contributed by atoms with Gasteiger partial charge in [0.1, 0.15) is 11.4 Å². The molecule has 0 aromatic heterocycles. The highest BCUT2D eigenvalue weighted by atomic mass is 16.7. The molecule has 2 N–H and O–H groups in total. The van der Waals surface area contributed by atoms with E-state index in [-0.39, 0.29) is 18.6 Å². The molecule has 22 heavy (non-hydrogen) atoms. The molecule has 0 aromatic rings. The number of hydrogen-bond acceptors (Lipinski definition) is 6. The summed E-state index contributed by atoms with van der Waals surface area (Å²) in [7, 11) is 0. The molecule has 2 unspecified atom stereocenters. The minimum atomic E-state index is -1.56. The molecule has 6 heteroatoms. The highest BCUT2D eigenvalue weighted by Gasteiger charge is 2.34. The summed E-state index contributed by atoms with van der Waals surface area (Å²) in [5, 5.41) is 19.3. The van der Waals surface area contributed by atoms with Crippen LogP contribution in [0.5, 0.6) is 0 Å². The zero-order valence-corrected chi connectivity index (χ0v) is 13.5. The number of carbonyl (C=O) groups is 2. The average molecular weight is 312 g/mol. The topological polar surface area (TPSA) is 93.1 Å². The number of ether oxygens (including phenoxy) is 2. The van der Waals surface area contributed by atoms with Gasteiger partial charge in [0.2, 0.25) is 5.79 Å². The van der Waals surface area contributed by atoms with Crippen LogP contribution in [0.15, 0.2) is 24.0 Å².